The molecule has 0 aliphatic heterocycles. The summed E-state index contributed by atoms with van der Waals surface area (Å²) >= 11 is 3.38. The highest BCUT2D eigenvalue weighted by molar-refractivity contribution is 9.10. The van der Waals surface area contributed by atoms with Gasteiger partial charge in [-0.3, -0.25) is 9.10 Å². The van der Waals surface area contributed by atoms with E-state index in [0.29, 0.717) is 10.2 Å². The zero-order chi connectivity index (χ0) is 24.1. The van der Waals surface area contributed by atoms with Crippen LogP contribution in [0.1, 0.15) is 11.4 Å². The van der Waals surface area contributed by atoms with Gasteiger partial charge in [-0.1, -0.05) is 58.4 Å². The number of nitrogens with zero attached hydrogens (tertiary/aromatic N) is 3. The molecular weight excluding hydrogens is 516 g/mol. The third-order valence-corrected chi connectivity index (χ3v) is 7.55. The molecule has 0 aliphatic carbocycles. The maximum atomic E-state index is 13.4. The van der Waals surface area contributed by atoms with Gasteiger partial charge in [0.15, 0.2) is 0 Å². The fourth-order valence-corrected chi connectivity index (χ4v) is 5.40. The molecule has 0 bridgehead atoms. The Balaban J connectivity index is 1.58. The number of hydrogen-bond donors (Lipinski definition) is 1. The van der Waals surface area contributed by atoms with Gasteiger partial charge >= 0.3 is 0 Å². The second-order valence-electron chi connectivity index (χ2n) is 7.55. The van der Waals surface area contributed by atoms with E-state index in [4.69, 9.17) is 0 Å². The number of sulfonamides is 1. The Morgan fingerprint density at radius 1 is 1.03 bits per heavy atom. The number of amides is 1. The average Bonchev–Trinajstić information content (AvgIpc) is 3.27. The highest BCUT2D eigenvalue weighted by atomic mass is 79.9. The first-order chi connectivity index (χ1) is 16.4. The summed E-state index contributed by atoms with van der Waals surface area (Å²) in [6.45, 7) is 1.78. The lowest BCUT2D eigenvalue weighted by molar-refractivity contribution is -0.119. The van der Waals surface area contributed by atoms with Crippen LogP contribution in [-0.4, -0.2) is 30.4 Å². The number of halogens is 1. The molecule has 0 spiro atoms. The van der Waals surface area contributed by atoms with Crippen LogP contribution in [0.2, 0.25) is 0 Å². The molecule has 0 radical (unpaired) electrons. The van der Waals surface area contributed by atoms with Crippen LogP contribution in [0.15, 0.2) is 101 Å². The minimum absolute atomic E-state index is 0.115. The van der Waals surface area contributed by atoms with Crippen molar-refractivity contribution in [3.05, 3.63) is 107 Å². The summed E-state index contributed by atoms with van der Waals surface area (Å²) in [4.78, 5) is 17.4. The quantitative estimate of drug-likeness (QED) is 0.359. The molecule has 3 aromatic carbocycles. The van der Waals surface area contributed by atoms with Gasteiger partial charge < -0.3 is 9.88 Å². The molecule has 4 aromatic rings. The van der Waals surface area contributed by atoms with Crippen molar-refractivity contribution in [2.75, 3.05) is 10.8 Å². The number of carbonyl (C=O) groups excluding carboxylic acids is 1. The summed E-state index contributed by atoms with van der Waals surface area (Å²) in [6, 6.07) is 22.6. The van der Waals surface area contributed by atoms with Gasteiger partial charge in [0.2, 0.25) is 5.91 Å². The number of carbonyl (C=O) groups is 1. The molecule has 0 atom stereocenters. The number of aromatic nitrogens is 2. The lowest BCUT2D eigenvalue weighted by Crippen LogP contribution is -2.40. The summed E-state index contributed by atoms with van der Waals surface area (Å²) in [5, 5.41) is 2.87. The van der Waals surface area contributed by atoms with Crippen molar-refractivity contribution in [2.45, 2.75) is 18.4 Å². The first-order valence-corrected chi connectivity index (χ1v) is 12.8. The molecule has 174 valence electrons. The van der Waals surface area contributed by atoms with Gasteiger partial charge in [-0.2, -0.15) is 0 Å². The first-order valence-electron chi connectivity index (χ1n) is 10.5. The Labute approximate surface area is 207 Å². The summed E-state index contributed by atoms with van der Waals surface area (Å²) in [5.74, 6) is 0.408. The number of nitrogens with one attached hydrogen (secondary N) is 1. The van der Waals surface area contributed by atoms with Crippen LogP contribution in [0, 0.1) is 6.92 Å². The van der Waals surface area contributed by atoms with Crippen molar-refractivity contribution in [3.8, 4) is 5.69 Å². The van der Waals surface area contributed by atoms with Crippen LogP contribution >= 0.6 is 15.9 Å². The van der Waals surface area contributed by atoms with Crippen LogP contribution in [0.3, 0.4) is 0 Å². The molecule has 1 heterocycles. The van der Waals surface area contributed by atoms with Gasteiger partial charge in [-0.25, -0.2) is 13.4 Å². The maximum Gasteiger partial charge on any atom is 0.264 e. The van der Waals surface area contributed by atoms with E-state index in [-0.39, 0.29) is 18.0 Å². The number of anilines is 1. The molecule has 1 amide bonds. The third kappa shape index (κ3) is 5.21. The van der Waals surface area contributed by atoms with Crippen LogP contribution in [0.5, 0.6) is 0 Å². The molecule has 4 rings (SSSR count). The van der Waals surface area contributed by atoms with Gasteiger partial charge in [0.25, 0.3) is 10.0 Å². The molecule has 9 heteroatoms. The smallest absolute Gasteiger partial charge is 0.264 e. The number of imidazole rings is 1. The van der Waals surface area contributed by atoms with Crippen LogP contribution in [0.4, 0.5) is 5.69 Å². The summed E-state index contributed by atoms with van der Waals surface area (Å²) < 4.78 is 30.6. The Morgan fingerprint density at radius 2 is 1.76 bits per heavy atom. The second-order valence-corrected chi connectivity index (χ2v) is 10.3. The molecule has 0 saturated carbocycles. The van der Waals surface area contributed by atoms with E-state index in [1.807, 2.05) is 42.0 Å². The van der Waals surface area contributed by atoms with E-state index < -0.39 is 15.9 Å². The first kappa shape index (κ1) is 23.7. The summed E-state index contributed by atoms with van der Waals surface area (Å²) in [7, 11) is -3.96. The Kier molecular flexibility index (Phi) is 7.14. The fourth-order valence-electron chi connectivity index (χ4n) is 3.57. The van der Waals surface area contributed by atoms with Crippen molar-refractivity contribution in [1.29, 1.82) is 0 Å². The zero-order valence-electron chi connectivity index (χ0n) is 18.4. The van der Waals surface area contributed by atoms with Crippen LogP contribution in [-0.2, 0) is 21.4 Å². The molecule has 34 heavy (non-hydrogen) atoms. The second kappa shape index (κ2) is 10.2. The maximum absolute atomic E-state index is 13.4. The number of rotatable bonds is 8. The minimum Gasteiger partial charge on any atom is -0.350 e. The van der Waals surface area contributed by atoms with E-state index in [1.54, 1.807) is 48.7 Å². The highest BCUT2D eigenvalue weighted by Crippen LogP contribution is 2.26. The molecule has 0 aliphatic rings. The van der Waals surface area contributed by atoms with Gasteiger partial charge in [-0.05, 0) is 48.9 Å². The molecule has 0 saturated heterocycles. The van der Waals surface area contributed by atoms with E-state index in [2.05, 4.69) is 26.2 Å². The predicted molar refractivity (Wildman–Crippen MR) is 135 cm³/mol. The van der Waals surface area contributed by atoms with Crippen LogP contribution in [0.25, 0.3) is 5.69 Å². The fraction of sp³-hybridized carbons (Fsp3) is 0.120. The molecule has 7 nitrogen and oxygen atoms in total. The molecular formula is C25H23BrN4O3S. The largest absolute Gasteiger partial charge is 0.350 e. The van der Waals surface area contributed by atoms with E-state index >= 15 is 0 Å². The zero-order valence-corrected chi connectivity index (χ0v) is 20.8. The molecule has 0 unspecified atom stereocenters. The summed E-state index contributed by atoms with van der Waals surface area (Å²) in [6.07, 6.45) is 3.58. The molecule has 0 fully saturated rings. The van der Waals surface area contributed by atoms with Crippen molar-refractivity contribution in [2.24, 2.45) is 0 Å². The minimum atomic E-state index is -3.96. The van der Waals surface area contributed by atoms with Crippen molar-refractivity contribution in [3.63, 3.8) is 0 Å². The number of para-hydroxylation sites is 1. The standard InChI is InChI=1S/C25H23BrN4O3S/c1-19-27-14-15-29(19)24-13-6-5-8-20(24)17-28-25(31)18-30(22-10-7-9-21(26)16-22)34(32,33)23-11-3-2-4-12-23/h2-16H,17-18H2,1H3,(H,28,31). The monoisotopic (exact) mass is 538 g/mol. The lowest BCUT2D eigenvalue weighted by Gasteiger charge is -2.24. The van der Waals surface area contributed by atoms with Gasteiger partial charge in [0.1, 0.15) is 12.4 Å². The van der Waals surface area contributed by atoms with E-state index in [9.17, 15) is 13.2 Å². The van der Waals surface area contributed by atoms with Gasteiger partial charge in [0, 0.05) is 23.4 Å². The molecule has 1 N–H and O–H groups in total. The van der Waals surface area contributed by atoms with Gasteiger partial charge in [-0.15, -0.1) is 0 Å². The van der Waals surface area contributed by atoms with Crippen molar-refractivity contribution in [1.82, 2.24) is 14.9 Å². The Hall–Kier alpha value is -3.43. The highest BCUT2D eigenvalue weighted by Gasteiger charge is 2.27. The number of aryl methyl sites for hydroxylation is 1. The Morgan fingerprint density at radius 3 is 2.47 bits per heavy atom. The third-order valence-electron chi connectivity index (χ3n) is 5.27. The van der Waals surface area contributed by atoms with Crippen molar-refractivity contribution < 1.29 is 13.2 Å². The SMILES string of the molecule is Cc1nccn1-c1ccccc1CNC(=O)CN(c1cccc(Br)c1)S(=O)(=O)c1ccccc1. The van der Waals surface area contributed by atoms with E-state index in [0.717, 1.165) is 21.4 Å². The van der Waals surface area contributed by atoms with E-state index in [1.165, 1.54) is 12.1 Å². The normalized spacial score (nSPS) is 11.2. The number of benzene rings is 3. The van der Waals surface area contributed by atoms with Crippen molar-refractivity contribution >= 4 is 37.5 Å². The number of hydrogen-bond acceptors (Lipinski definition) is 4. The summed E-state index contributed by atoms with van der Waals surface area (Å²) in [5.41, 5.74) is 2.18. The topological polar surface area (TPSA) is 84.3 Å². The van der Waals surface area contributed by atoms with Crippen LogP contribution < -0.4 is 9.62 Å². The lowest BCUT2D eigenvalue weighted by atomic mass is 10.1. The predicted octanol–water partition coefficient (Wildman–Crippen LogP) is 4.45. The van der Waals surface area contributed by atoms with Gasteiger partial charge in [0.05, 0.1) is 16.3 Å². The Bertz CT molecular complexity index is 1400. The average molecular weight is 539 g/mol. The molecule has 1 aromatic heterocycles.